The molecule has 0 aliphatic carbocycles. The Morgan fingerprint density at radius 3 is 2.42 bits per heavy atom. The van der Waals surface area contributed by atoms with Crippen LogP contribution in [0.5, 0.6) is 5.75 Å². The van der Waals surface area contributed by atoms with E-state index in [2.05, 4.69) is 5.32 Å². The van der Waals surface area contributed by atoms with Gasteiger partial charge >= 0.3 is 5.97 Å². The highest BCUT2D eigenvalue weighted by Crippen LogP contribution is 2.16. The first kappa shape index (κ1) is 18.9. The molecule has 3 N–H and O–H groups in total. The summed E-state index contributed by atoms with van der Waals surface area (Å²) in [5.41, 5.74) is 5.64. The maximum absolute atomic E-state index is 13.4. The maximum atomic E-state index is 13.4. The number of nitrogens with one attached hydrogen (secondary N) is 1. The molecule has 0 spiro atoms. The van der Waals surface area contributed by atoms with Crippen LogP contribution in [0.1, 0.15) is 15.9 Å². The topological polar surface area (TPSA) is 108 Å². The number of para-hydroxylation sites is 1. The molecule has 26 heavy (non-hydrogen) atoms. The number of hydrogen-bond donors (Lipinski definition) is 2. The number of rotatable bonds is 8. The number of esters is 1. The van der Waals surface area contributed by atoms with E-state index in [1.807, 2.05) is 0 Å². The lowest BCUT2D eigenvalue weighted by Crippen LogP contribution is -2.29. The summed E-state index contributed by atoms with van der Waals surface area (Å²) in [7, 11) is 0. The summed E-state index contributed by atoms with van der Waals surface area (Å²) in [4.78, 5) is 34.5. The van der Waals surface area contributed by atoms with Crippen molar-refractivity contribution in [3.8, 4) is 5.75 Å². The monoisotopic (exact) mass is 360 g/mol. The van der Waals surface area contributed by atoms with Crippen molar-refractivity contribution < 1.29 is 28.2 Å². The highest BCUT2D eigenvalue weighted by molar-refractivity contribution is 5.95. The van der Waals surface area contributed by atoms with Crippen LogP contribution in [0.25, 0.3) is 0 Å². The van der Waals surface area contributed by atoms with Crippen LogP contribution >= 0.6 is 0 Å². The van der Waals surface area contributed by atoms with Gasteiger partial charge in [-0.2, -0.15) is 0 Å². The molecule has 0 aliphatic rings. The van der Waals surface area contributed by atoms with Gasteiger partial charge in [-0.15, -0.1) is 0 Å². The third-order valence-corrected chi connectivity index (χ3v) is 3.30. The number of amides is 2. The summed E-state index contributed by atoms with van der Waals surface area (Å²) in [6.07, 6.45) is 0. The lowest BCUT2D eigenvalue weighted by atomic mass is 10.2. The molecule has 0 atom stereocenters. The maximum Gasteiger partial charge on any atom is 0.344 e. The van der Waals surface area contributed by atoms with Crippen LogP contribution < -0.4 is 15.8 Å². The fraction of sp³-hybridized carbons (Fsp3) is 0.167. The molecule has 2 amide bonds. The Morgan fingerprint density at radius 1 is 1.00 bits per heavy atom. The first-order valence-electron chi connectivity index (χ1n) is 7.64. The van der Waals surface area contributed by atoms with Crippen molar-refractivity contribution in [2.45, 2.75) is 6.54 Å². The standard InChI is InChI=1S/C18H17FN2O5/c19-14-7-3-1-5-12(14)9-21-16(22)10-26-17(23)11-25-15-8-4-2-6-13(15)18(20)24/h1-8H,9-11H2,(H2,20,24)(H,21,22). The SMILES string of the molecule is NC(=O)c1ccccc1OCC(=O)OCC(=O)NCc1ccccc1F. The second kappa shape index (κ2) is 9.16. The molecule has 8 heteroatoms. The molecule has 0 radical (unpaired) electrons. The lowest BCUT2D eigenvalue weighted by Gasteiger charge is -2.10. The van der Waals surface area contributed by atoms with Gasteiger partial charge in [0.2, 0.25) is 0 Å². The molecule has 0 heterocycles. The Labute approximate surface area is 148 Å². The number of hydrogen-bond acceptors (Lipinski definition) is 5. The predicted octanol–water partition coefficient (Wildman–Crippen LogP) is 1.16. The van der Waals surface area contributed by atoms with E-state index in [1.165, 1.54) is 24.3 Å². The fourth-order valence-corrected chi connectivity index (χ4v) is 2.01. The zero-order valence-electron chi connectivity index (χ0n) is 13.7. The summed E-state index contributed by atoms with van der Waals surface area (Å²) in [5.74, 6) is -2.38. The summed E-state index contributed by atoms with van der Waals surface area (Å²) in [5, 5.41) is 2.43. The Hall–Kier alpha value is -3.42. The van der Waals surface area contributed by atoms with E-state index in [0.717, 1.165) is 0 Å². The second-order valence-electron chi connectivity index (χ2n) is 5.18. The predicted molar refractivity (Wildman–Crippen MR) is 89.7 cm³/mol. The number of halogens is 1. The molecule has 0 aromatic heterocycles. The van der Waals surface area contributed by atoms with Crippen LogP contribution in [-0.2, 0) is 20.9 Å². The smallest absolute Gasteiger partial charge is 0.344 e. The van der Waals surface area contributed by atoms with E-state index >= 15 is 0 Å². The van der Waals surface area contributed by atoms with E-state index in [1.54, 1.807) is 24.3 Å². The van der Waals surface area contributed by atoms with Crippen LogP contribution in [-0.4, -0.2) is 31.0 Å². The van der Waals surface area contributed by atoms with Crippen LogP contribution in [0, 0.1) is 5.82 Å². The minimum absolute atomic E-state index is 0.0223. The van der Waals surface area contributed by atoms with Gasteiger partial charge in [0.15, 0.2) is 13.2 Å². The highest BCUT2D eigenvalue weighted by atomic mass is 19.1. The van der Waals surface area contributed by atoms with Crippen molar-refractivity contribution in [2.24, 2.45) is 5.73 Å². The highest BCUT2D eigenvalue weighted by Gasteiger charge is 2.12. The van der Waals surface area contributed by atoms with E-state index in [9.17, 15) is 18.8 Å². The molecule has 0 fully saturated rings. The molecule has 7 nitrogen and oxygen atoms in total. The largest absolute Gasteiger partial charge is 0.481 e. The van der Waals surface area contributed by atoms with Crippen molar-refractivity contribution >= 4 is 17.8 Å². The average Bonchev–Trinajstić information content (AvgIpc) is 2.64. The molecule has 136 valence electrons. The molecule has 0 saturated heterocycles. The molecule has 0 saturated carbocycles. The van der Waals surface area contributed by atoms with E-state index in [-0.39, 0.29) is 17.9 Å². The first-order chi connectivity index (χ1) is 12.5. The van der Waals surface area contributed by atoms with Crippen LogP contribution in [0.2, 0.25) is 0 Å². The van der Waals surface area contributed by atoms with Gasteiger partial charge in [0.25, 0.3) is 11.8 Å². The van der Waals surface area contributed by atoms with Crippen molar-refractivity contribution in [2.75, 3.05) is 13.2 Å². The van der Waals surface area contributed by atoms with Gasteiger partial charge < -0.3 is 20.5 Å². The normalized spacial score (nSPS) is 10.0. The van der Waals surface area contributed by atoms with Gasteiger partial charge in [0.1, 0.15) is 11.6 Å². The Kier molecular flexibility index (Phi) is 6.67. The van der Waals surface area contributed by atoms with Crippen LogP contribution in [0.4, 0.5) is 4.39 Å². The lowest BCUT2D eigenvalue weighted by molar-refractivity contribution is -0.150. The number of carbonyl (C=O) groups excluding carboxylic acids is 3. The summed E-state index contributed by atoms with van der Waals surface area (Å²) < 4.78 is 23.4. The number of ether oxygens (including phenoxy) is 2. The van der Waals surface area contributed by atoms with E-state index in [0.29, 0.717) is 5.56 Å². The zero-order valence-corrected chi connectivity index (χ0v) is 13.7. The van der Waals surface area contributed by atoms with Gasteiger partial charge in [0.05, 0.1) is 5.56 Å². The molecule has 2 aromatic rings. The van der Waals surface area contributed by atoms with Crippen molar-refractivity contribution in [1.29, 1.82) is 0 Å². The van der Waals surface area contributed by atoms with Crippen molar-refractivity contribution in [1.82, 2.24) is 5.32 Å². The number of benzene rings is 2. The fourth-order valence-electron chi connectivity index (χ4n) is 2.01. The number of carbonyl (C=O) groups is 3. The Balaban J connectivity index is 1.74. The molecular formula is C18H17FN2O5. The quantitative estimate of drug-likeness (QED) is 0.687. The van der Waals surface area contributed by atoms with Crippen LogP contribution in [0.3, 0.4) is 0 Å². The average molecular weight is 360 g/mol. The molecule has 2 aromatic carbocycles. The van der Waals surface area contributed by atoms with Gasteiger partial charge in [-0.05, 0) is 18.2 Å². The minimum Gasteiger partial charge on any atom is -0.481 e. The molecule has 0 aliphatic heterocycles. The first-order valence-corrected chi connectivity index (χ1v) is 7.64. The molecule has 2 rings (SSSR count). The molecular weight excluding hydrogens is 343 g/mol. The minimum atomic E-state index is -0.801. The second-order valence-corrected chi connectivity index (χ2v) is 5.18. The Morgan fingerprint density at radius 2 is 1.69 bits per heavy atom. The Bertz CT molecular complexity index is 810. The van der Waals surface area contributed by atoms with E-state index in [4.69, 9.17) is 15.2 Å². The van der Waals surface area contributed by atoms with Crippen molar-refractivity contribution in [3.63, 3.8) is 0 Å². The van der Waals surface area contributed by atoms with E-state index < -0.39 is 36.8 Å². The third-order valence-electron chi connectivity index (χ3n) is 3.30. The van der Waals surface area contributed by atoms with Gasteiger partial charge in [-0.1, -0.05) is 30.3 Å². The molecule has 0 unspecified atom stereocenters. The summed E-state index contributed by atoms with van der Waals surface area (Å²) >= 11 is 0. The number of primary amides is 1. The summed E-state index contributed by atoms with van der Waals surface area (Å²) in [6.45, 7) is -1.05. The summed E-state index contributed by atoms with van der Waals surface area (Å²) in [6, 6.07) is 12.2. The van der Waals surface area contributed by atoms with Crippen molar-refractivity contribution in [3.05, 3.63) is 65.5 Å². The third kappa shape index (κ3) is 5.59. The molecule has 0 bridgehead atoms. The van der Waals surface area contributed by atoms with Gasteiger partial charge in [-0.3, -0.25) is 9.59 Å². The van der Waals surface area contributed by atoms with Gasteiger partial charge in [0, 0.05) is 12.1 Å². The zero-order chi connectivity index (χ0) is 18.9. The number of nitrogens with two attached hydrogens (primary N) is 1. The van der Waals surface area contributed by atoms with Crippen LogP contribution in [0.15, 0.2) is 48.5 Å². The van der Waals surface area contributed by atoms with Gasteiger partial charge in [-0.25, -0.2) is 9.18 Å².